The smallest absolute Gasteiger partial charge is 0.341 e. The number of phenolic OH excluding ortho intramolecular Hbond substituents is 1. The van der Waals surface area contributed by atoms with Crippen molar-refractivity contribution in [1.82, 2.24) is 14.9 Å². The van der Waals surface area contributed by atoms with Crippen LogP contribution in [-0.4, -0.2) is 51.9 Å². The van der Waals surface area contributed by atoms with Crippen LogP contribution in [0.3, 0.4) is 0 Å². The number of nitrogens with one attached hydrogen (secondary N) is 1. The van der Waals surface area contributed by atoms with Crippen LogP contribution < -0.4 is 15.6 Å². The summed E-state index contributed by atoms with van der Waals surface area (Å²) in [5.41, 5.74) is -0.645. The van der Waals surface area contributed by atoms with Gasteiger partial charge >= 0.3 is 5.97 Å². The average Bonchev–Trinajstić information content (AvgIpc) is 2.98. The summed E-state index contributed by atoms with van der Waals surface area (Å²) < 4.78 is 16.3. The van der Waals surface area contributed by atoms with Gasteiger partial charge in [-0.3, -0.25) is 4.79 Å². The Labute approximate surface area is 164 Å². The fraction of sp³-hybridized carbons (Fsp3) is 0.250. The molecule has 4 rings (SSSR count). The number of rotatable bonds is 3. The number of aromatic carboxylic acids is 1. The molecule has 0 spiro atoms. The van der Waals surface area contributed by atoms with Crippen LogP contribution in [0.1, 0.15) is 16.8 Å². The number of hydrogen-bond acceptors (Lipinski definition) is 6. The van der Waals surface area contributed by atoms with Gasteiger partial charge in [-0.2, -0.15) is 0 Å². The molecule has 2 aromatic heterocycles. The Hall–Kier alpha value is -3.46. The molecule has 150 valence electrons. The maximum Gasteiger partial charge on any atom is 0.341 e. The highest BCUT2D eigenvalue weighted by Crippen LogP contribution is 2.24. The fourth-order valence-corrected chi connectivity index (χ4v) is 3.46. The van der Waals surface area contributed by atoms with E-state index in [4.69, 9.17) is 0 Å². The first kappa shape index (κ1) is 18.9. The minimum absolute atomic E-state index is 0.0364. The number of aromatic nitrogens is 2. The Morgan fingerprint density at radius 1 is 1.17 bits per heavy atom. The lowest BCUT2D eigenvalue weighted by molar-refractivity contribution is 0.0695. The molecule has 9 heteroatoms. The van der Waals surface area contributed by atoms with Crippen molar-refractivity contribution in [3.63, 3.8) is 0 Å². The summed E-state index contributed by atoms with van der Waals surface area (Å²) in [5.74, 6) is -1.92. The van der Waals surface area contributed by atoms with Gasteiger partial charge in [-0.1, -0.05) is 0 Å². The first-order chi connectivity index (χ1) is 14.0. The van der Waals surface area contributed by atoms with Crippen molar-refractivity contribution in [3.8, 4) is 11.4 Å². The van der Waals surface area contributed by atoms with E-state index in [2.05, 4.69) is 10.3 Å². The number of hydrogen-bond donors (Lipinski definition) is 3. The molecule has 0 unspecified atom stereocenters. The summed E-state index contributed by atoms with van der Waals surface area (Å²) >= 11 is 0. The molecule has 0 atom stereocenters. The summed E-state index contributed by atoms with van der Waals surface area (Å²) in [4.78, 5) is 30.4. The van der Waals surface area contributed by atoms with Crippen molar-refractivity contribution in [2.24, 2.45) is 0 Å². The summed E-state index contributed by atoms with van der Waals surface area (Å²) in [7, 11) is 0. The van der Waals surface area contributed by atoms with Gasteiger partial charge in [-0.05, 0) is 43.3 Å². The van der Waals surface area contributed by atoms with Crippen molar-refractivity contribution in [2.45, 2.75) is 6.42 Å². The molecular weight excluding hydrogens is 379 g/mol. The van der Waals surface area contributed by atoms with Crippen molar-refractivity contribution in [1.29, 1.82) is 0 Å². The molecule has 0 bridgehead atoms. The Morgan fingerprint density at radius 3 is 2.66 bits per heavy atom. The highest BCUT2D eigenvalue weighted by atomic mass is 19.1. The summed E-state index contributed by atoms with van der Waals surface area (Å²) in [6.07, 6.45) is 2.00. The second-order valence-corrected chi connectivity index (χ2v) is 6.82. The quantitative estimate of drug-likeness (QED) is 0.617. The van der Waals surface area contributed by atoms with Crippen molar-refractivity contribution >= 4 is 22.8 Å². The SMILES string of the molecule is O=C(O)c1cn(-c2ccc(O)cc2)c2nc(N3CCCNCC3)c(F)cc2c1=O. The molecule has 1 aliphatic rings. The Kier molecular flexibility index (Phi) is 4.89. The van der Waals surface area contributed by atoms with Crippen LogP contribution in [0.5, 0.6) is 5.75 Å². The normalized spacial score (nSPS) is 14.7. The number of carbonyl (C=O) groups is 1. The zero-order chi connectivity index (χ0) is 20.5. The first-order valence-electron chi connectivity index (χ1n) is 9.20. The molecule has 0 amide bonds. The number of carboxylic acid groups (broad SMARTS) is 1. The van der Waals surface area contributed by atoms with Gasteiger partial charge in [-0.15, -0.1) is 0 Å². The van der Waals surface area contributed by atoms with E-state index in [-0.39, 0.29) is 22.6 Å². The van der Waals surface area contributed by atoms with E-state index < -0.39 is 22.8 Å². The van der Waals surface area contributed by atoms with Gasteiger partial charge in [0.1, 0.15) is 11.3 Å². The highest BCUT2D eigenvalue weighted by molar-refractivity contribution is 5.92. The lowest BCUT2D eigenvalue weighted by atomic mass is 10.1. The van der Waals surface area contributed by atoms with Crippen molar-refractivity contribution in [2.75, 3.05) is 31.1 Å². The van der Waals surface area contributed by atoms with Crippen molar-refractivity contribution in [3.05, 3.63) is 58.1 Å². The second-order valence-electron chi connectivity index (χ2n) is 6.82. The minimum Gasteiger partial charge on any atom is -0.508 e. The second kappa shape index (κ2) is 7.51. The van der Waals surface area contributed by atoms with E-state index in [1.54, 1.807) is 12.1 Å². The maximum absolute atomic E-state index is 14.9. The summed E-state index contributed by atoms with van der Waals surface area (Å²) in [6, 6.07) is 7.05. The standard InChI is InChI=1S/C20H19FN4O4/c21-16-10-14-17(27)15(20(28)29)11-25(12-2-4-13(26)5-3-12)18(14)23-19(16)24-8-1-6-22-7-9-24/h2-5,10-11,22,26H,1,6-9H2,(H,28,29). The third-order valence-corrected chi connectivity index (χ3v) is 4.91. The molecule has 1 saturated heterocycles. The predicted octanol–water partition coefficient (Wildman–Crippen LogP) is 1.73. The van der Waals surface area contributed by atoms with Gasteiger partial charge in [0.05, 0.1) is 5.39 Å². The van der Waals surface area contributed by atoms with Gasteiger partial charge in [0, 0.05) is 31.5 Å². The average molecular weight is 398 g/mol. The highest BCUT2D eigenvalue weighted by Gasteiger charge is 2.22. The van der Waals surface area contributed by atoms with E-state index in [0.29, 0.717) is 25.3 Å². The molecule has 0 saturated carbocycles. The molecule has 0 aliphatic carbocycles. The van der Waals surface area contributed by atoms with Crippen LogP contribution >= 0.6 is 0 Å². The fourth-order valence-electron chi connectivity index (χ4n) is 3.46. The largest absolute Gasteiger partial charge is 0.508 e. The summed E-state index contributed by atoms with van der Waals surface area (Å²) in [5, 5.41) is 22.1. The van der Waals surface area contributed by atoms with E-state index in [0.717, 1.165) is 19.0 Å². The molecule has 1 aromatic carbocycles. The number of nitrogens with zero attached hydrogens (tertiary/aromatic N) is 3. The van der Waals surface area contributed by atoms with E-state index in [1.165, 1.54) is 22.9 Å². The zero-order valence-electron chi connectivity index (χ0n) is 15.4. The van der Waals surface area contributed by atoms with Crippen LogP contribution in [0.15, 0.2) is 41.3 Å². The molecule has 3 N–H and O–H groups in total. The van der Waals surface area contributed by atoms with Crippen LogP contribution in [0.2, 0.25) is 0 Å². The number of phenols is 1. The van der Waals surface area contributed by atoms with Gasteiger partial charge in [0.2, 0.25) is 5.43 Å². The lowest BCUT2D eigenvalue weighted by Crippen LogP contribution is -2.30. The number of halogens is 1. The molecule has 3 heterocycles. The van der Waals surface area contributed by atoms with Gasteiger partial charge in [0.25, 0.3) is 0 Å². The zero-order valence-corrected chi connectivity index (χ0v) is 15.4. The summed E-state index contributed by atoms with van der Waals surface area (Å²) in [6.45, 7) is 2.68. The number of carboxylic acids is 1. The molecule has 0 radical (unpaired) electrons. The Balaban J connectivity index is 1.99. The third kappa shape index (κ3) is 3.52. The molecule has 8 nitrogen and oxygen atoms in total. The van der Waals surface area contributed by atoms with Crippen LogP contribution in [-0.2, 0) is 0 Å². The molecule has 1 fully saturated rings. The molecular formula is C20H19FN4O4. The van der Waals surface area contributed by atoms with Crippen LogP contribution in [0.25, 0.3) is 16.7 Å². The van der Waals surface area contributed by atoms with E-state index in [9.17, 15) is 24.2 Å². The van der Waals surface area contributed by atoms with E-state index in [1.807, 2.05) is 4.90 Å². The Morgan fingerprint density at radius 2 is 1.93 bits per heavy atom. The van der Waals surface area contributed by atoms with Gasteiger partial charge in [0.15, 0.2) is 17.3 Å². The van der Waals surface area contributed by atoms with E-state index >= 15 is 0 Å². The molecule has 29 heavy (non-hydrogen) atoms. The topological polar surface area (TPSA) is 108 Å². The van der Waals surface area contributed by atoms with Gasteiger partial charge in [-0.25, -0.2) is 14.2 Å². The van der Waals surface area contributed by atoms with Crippen LogP contribution in [0, 0.1) is 5.82 Å². The number of aromatic hydroxyl groups is 1. The third-order valence-electron chi connectivity index (χ3n) is 4.91. The first-order valence-corrected chi connectivity index (χ1v) is 9.20. The molecule has 1 aliphatic heterocycles. The van der Waals surface area contributed by atoms with Gasteiger partial charge < -0.3 is 25.0 Å². The monoisotopic (exact) mass is 398 g/mol. The van der Waals surface area contributed by atoms with Crippen LogP contribution in [0.4, 0.5) is 10.2 Å². The van der Waals surface area contributed by atoms with Crippen molar-refractivity contribution < 1.29 is 19.4 Å². The number of pyridine rings is 2. The number of anilines is 1. The lowest BCUT2D eigenvalue weighted by Gasteiger charge is -2.22. The number of benzene rings is 1. The number of fused-ring (bicyclic) bond motifs is 1. The Bertz CT molecular complexity index is 1140. The minimum atomic E-state index is -1.41. The predicted molar refractivity (Wildman–Crippen MR) is 106 cm³/mol. The molecule has 3 aromatic rings. The maximum atomic E-state index is 14.9.